The molecule has 0 spiro atoms. The predicted molar refractivity (Wildman–Crippen MR) is 108 cm³/mol. The highest BCUT2D eigenvalue weighted by molar-refractivity contribution is 9.10. The Hall–Kier alpha value is -1.52. The molecule has 0 amide bonds. The van der Waals surface area contributed by atoms with Crippen molar-refractivity contribution in [3.8, 4) is 11.5 Å². The SMILES string of the molecule is CCCN1CCC[C@@H]2c3c(OCc4ccccc4)ccc(Br)c3OC[C@H]21. The van der Waals surface area contributed by atoms with Gasteiger partial charge in [0.2, 0.25) is 0 Å². The molecule has 4 heteroatoms. The van der Waals surface area contributed by atoms with Gasteiger partial charge in [-0.2, -0.15) is 0 Å². The summed E-state index contributed by atoms with van der Waals surface area (Å²) in [5, 5.41) is 0. The molecule has 1 fully saturated rings. The van der Waals surface area contributed by atoms with E-state index in [-0.39, 0.29) is 0 Å². The number of rotatable bonds is 5. The Morgan fingerprint density at radius 1 is 1.19 bits per heavy atom. The van der Waals surface area contributed by atoms with Gasteiger partial charge in [0, 0.05) is 11.5 Å². The molecule has 3 nitrogen and oxygen atoms in total. The summed E-state index contributed by atoms with van der Waals surface area (Å²) in [6.07, 6.45) is 3.64. The first-order valence-electron chi connectivity index (χ1n) is 9.64. The van der Waals surface area contributed by atoms with E-state index >= 15 is 0 Å². The number of halogens is 1. The van der Waals surface area contributed by atoms with Gasteiger partial charge in [0.15, 0.2) is 0 Å². The molecule has 2 aliphatic rings. The second-order valence-electron chi connectivity index (χ2n) is 7.23. The van der Waals surface area contributed by atoms with Gasteiger partial charge < -0.3 is 9.47 Å². The van der Waals surface area contributed by atoms with Crippen molar-refractivity contribution < 1.29 is 9.47 Å². The van der Waals surface area contributed by atoms with Crippen molar-refractivity contribution in [1.82, 2.24) is 4.90 Å². The first kappa shape index (κ1) is 17.9. The van der Waals surface area contributed by atoms with Crippen molar-refractivity contribution in [2.45, 2.75) is 44.8 Å². The lowest BCUT2D eigenvalue weighted by Gasteiger charge is -2.45. The van der Waals surface area contributed by atoms with Crippen LogP contribution in [0.2, 0.25) is 0 Å². The van der Waals surface area contributed by atoms with Gasteiger partial charge in [-0.3, -0.25) is 4.90 Å². The number of nitrogens with zero attached hydrogens (tertiary/aromatic N) is 1. The van der Waals surface area contributed by atoms with Crippen LogP contribution in [0.3, 0.4) is 0 Å². The number of piperidine rings is 1. The highest BCUT2D eigenvalue weighted by Gasteiger charge is 2.39. The molecular weight excluding hydrogens is 390 g/mol. The average Bonchev–Trinajstić information content (AvgIpc) is 2.68. The van der Waals surface area contributed by atoms with Gasteiger partial charge in [-0.05, 0) is 66.0 Å². The van der Waals surface area contributed by atoms with Crippen molar-refractivity contribution in [2.24, 2.45) is 0 Å². The van der Waals surface area contributed by atoms with Crippen LogP contribution in [-0.2, 0) is 6.61 Å². The van der Waals surface area contributed by atoms with Crippen molar-refractivity contribution in [1.29, 1.82) is 0 Å². The Labute approximate surface area is 164 Å². The number of hydrogen-bond donors (Lipinski definition) is 0. The van der Waals surface area contributed by atoms with Crippen molar-refractivity contribution in [3.63, 3.8) is 0 Å². The van der Waals surface area contributed by atoms with Crippen LogP contribution in [0.1, 0.15) is 43.2 Å². The molecule has 4 rings (SSSR count). The Morgan fingerprint density at radius 3 is 2.85 bits per heavy atom. The van der Waals surface area contributed by atoms with E-state index < -0.39 is 0 Å². The predicted octanol–water partition coefficient (Wildman–Crippen LogP) is 5.38. The number of benzene rings is 2. The molecule has 1 saturated heterocycles. The number of ether oxygens (including phenoxy) is 2. The Balaban J connectivity index is 1.63. The van der Waals surface area contributed by atoms with Gasteiger partial charge in [0.1, 0.15) is 24.7 Å². The topological polar surface area (TPSA) is 21.7 Å². The molecule has 0 N–H and O–H groups in total. The molecular formula is C22H26BrNO2. The maximum absolute atomic E-state index is 6.27. The van der Waals surface area contributed by atoms with E-state index in [0.717, 1.165) is 29.1 Å². The lowest BCUT2D eigenvalue weighted by atomic mass is 9.81. The maximum atomic E-state index is 6.27. The molecule has 0 aromatic heterocycles. The normalized spacial score (nSPS) is 22.2. The number of likely N-dealkylation sites (tertiary alicyclic amines) is 1. The summed E-state index contributed by atoms with van der Waals surface area (Å²) in [5.74, 6) is 2.44. The van der Waals surface area contributed by atoms with Crippen molar-refractivity contribution >= 4 is 15.9 Å². The van der Waals surface area contributed by atoms with Gasteiger partial charge in [0.05, 0.1) is 10.5 Å². The second-order valence-corrected chi connectivity index (χ2v) is 8.08. The fraction of sp³-hybridized carbons (Fsp3) is 0.455. The molecule has 2 atom stereocenters. The van der Waals surface area contributed by atoms with Crippen LogP contribution >= 0.6 is 15.9 Å². The number of fused-ring (bicyclic) bond motifs is 3. The molecule has 138 valence electrons. The molecule has 2 aromatic rings. The van der Waals surface area contributed by atoms with E-state index in [2.05, 4.69) is 58.1 Å². The van der Waals surface area contributed by atoms with Crippen LogP contribution < -0.4 is 9.47 Å². The van der Waals surface area contributed by atoms with Crippen LogP contribution in [0.4, 0.5) is 0 Å². The van der Waals surface area contributed by atoms with E-state index in [0.29, 0.717) is 18.6 Å². The largest absolute Gasteiger partial charge is 0.490 e. The van der Waals surface area contributed by atoms with Crippen LogP contribution in [-0.4, -0.2) is 30.6 Å². The van der Waals surface area contributed by atoms with Crippen LogP contribution in [0.25, 0.3) is 0 Å². The fourth-order valence-corrected chi connectivity index (χ4v) is 4.79. The molecule has 2 aromatic carbocycles. The third-order valence-electron chi connectivity index (χ3n) is 5.52. The van der Waals surface area contributed by atoms with Crippen molar-refractivity contribution in [3.05, 3.63) is 58.1 Å². The highest BCUT2D eigenvalue weighted by atomic mass is 79.9. The fourth-order valence-electron chi connectivity index (χ4n) is 4.33. The van der Waals surface area contributed by atoms with Crippen LogP contribution in [0.15, 0.2) is 46.9 Å². The van der Waals surface area contributed by atoms with E-state index in [1.807, 2.05) is 12.1 Å². The van der Waals surface area contributed by atoms with Gasteiger partial charge >= 0.3 is 0 Å². The minimum atomic E-state index is 0.463. The van der Waals surface area contributed by atoms with Gasteiger partial charge in [0.25, 0.3) is 0 Å². The summed E-state index contributed by atoms with van der Waals surface area (Å²) in [5.41, 5.74) is 2.45. The number of hydrogen-bond acceptors (Lipinski definition) is 3. The lowest BCUT2D eigenvalue weighted by molar-refractivity contribution is 0.0636. The summed E-state index contributed by atoms with van der Waals surface area (Å²) >= 11 is 3.68. The minimum Gasteiger partial charge on any atom is -0.490 e. The molecule has 26 heavy (non-hydrogen) atoms. The molecule has 0 unspecified atom stereocenters. The summed E-state index contributed by atoms with van der Waals surface area (Å²) < 4.78 is 13.5. The van der Waals surface area contributed by atoms with Gasteiger partial charge in [-0.25, -0.2) is 0 Å². The molecule has 0 radical (unpaired) electrons. The monoisotopic (exact) mass is 415 g/mol. The van der Waals surface area contributed by atoms with E-state index in [1.54, 1.807) is 0 Å². The first-order chi connectivity index (χ1) is 12.8. The molecule has 0 saturated carbocycles. The average molecular weight is 416 g/mol. The molecule has 2 aliphatic heterocycles. The summed E-state index contributed by atoms with van der Waals surface area (Å²) in [7, 11) is 0. The lowest BCUT2D eigenvalue weighted by Crippen LogP contribution is -2.49. The second kappa shape index (κ2) is 8.01. The first-order valence-corrected chi connectivity index (χ1v) is 10.4. The Bertz CT molecular complexity index is 747. The third kappa shape index (κ3) is 3.49. The molecule has 2 heterocycles. The summed E-state index contributed by atoms with van der Waals surface area (Å²) in [4.78, 5) is 2.61. The third-order valence-corrected chi connectivity index (χ3v) is 6.14. The zero-order valence-corrected chi connectivity index (χ0v) is 16.9. The molecule has 0 aliphatic carbocycles. The van der Waals surface area contributed by atoms with Crippen molar-refractivity contribution in [2.75, 3.05) is 19.7 Å². The minimum absolute atomic E-state index is 0.463. The quantitative estimate of drug-likeness (QED) is 0.654. The van der Waals surface area contributed by atoms with Gasteiger partial charge in [-0.1, -0.05) is 37.3 Å². The van der Waals surface area contributed by atoms with E-state index in [4.69, 9.17) is 9.47 Å². The Morgan fingerprint density at radius 2 is 2.04 bits per heavy atom. The van der Waals surface area contributed by atoms with Gasteiger partial charge in [-0.15, -0.1) is 0 Å². The smallest absolute Gasteiger partial charge is 0.140 e. The summed E-state index contributed by atoms with van der Waals surface area (Å²) in [6.45, 7) is 5.95. The van der Waals surface area contributed by atoms with E-state index in [9.17, 15) is 0 Å². The Kier molecular flexibility index (Phi) is 5.51. The molecule has 0 bridgehead atoms. The zero-order chi connectivity index (χ0) is 17.9. The zero-order valence-electron chi connectivity index (χ0n) is 15.3. The standard InChI is InChI=1S/C22H26BrNO2/c1-2-12-24-13-6-9-17-19(24)15-26-22-18(23)10-11-20(21(17)22)25-14-16-7-4-3-5-8-16/h3-5,7-8,10-11,17,19H,2,6,9,12-15H2,1H3/t17-,19+/m0/s1. The maximum Gasteiger partial charge on any atom is 0.140 e. The summed E-state index contributed by atoms with van der Waals surface area (Å²) in [6, 6.07) is 15.0. The van der Waals surface area contributed by atoms with Crippen LogP contribution in [0.5, 0.6) is 11.5 Å². The van der Waals surface area contributed by atoms with E-state index in [1.165, 1.54) is 36.9 Å². The van der Waals surface area contributed by atoms with Crippen LogP contribution in [0, 0.1) is 0 Å². The highest BCUT2D eigenvalue weighted by Crippen LogP contribution is 2.48.